The van der Waals surface area contributed by atoms with Crippen molar-refractivity contribution in [1.82, 2.24) is 15.1 Å². The van der Waals surface area contributed by atoms with Gasteiger partial charge in [-0.2, -0.15) is 0 Å². The number of carbonyl (C=O) groups excluding carboxylic acids is 2. The molecule has 370 valence electrons. The molecule has 3 aliphatic rings. The lowest BCUT2D eigenvalue weighted by atomic mass is 10.3. The highest BCUT2D eigenvalue weighted by atomic mass is 32.2. The zero-order chi connectivity index (χ0) is 50.0. The van der Waals surface area contributed by atoms with Crippen molar-refractivity contribution in [3.8, 4) is 0 Å². The molecule has 0 radical (unpaired) electrons. The average Bonchev–Trinajstić information content (AvgIpc) is 3.28. The number of aliphatic carboxylic acids is 1. The number of hydrogen-bond acceptors (Lipinski definition) is 16. The van der Waals surface area contributed by atoms with Gasteiger partial charge in [-0.1, -0.05) is 75.4 Å². The number of rotatable bonds is 9. The summed E-state index contributed by atoms with van der Waals surface area (Å²) in [6.07, 6.45) is 3.72. The number of para-hydroxylation sites is 3. The maximum atomic E-state index is 11.3. The van der Waals surface area contributed by atoms with Gasteiger partial charge in [0.05, 0.1) is 44.4 Å². The van der Waals surface area contributed by atoms with E-state index >= 15 is 0 Å². The van der Waals surface area contributed by atoms with Crippen molar-refractivity contribution < 1.29 is 54.6 Å². The van der Waals surface area contributed by atoms with E-state index in [0.717, 1.165) is 24.9 Å². The van der Waals surface area contributed by atoms with E-state index in [-0.39, 0.29) is 46.2 Å². The molecule has 2 amide bonds. The number of anilines is 1. The highest BCUT2D eigenvalue weighted by Crippen LogP contribution is 2.09. The normalized spacial score (nSPS) is 16.0. The largest absolute Gasteiger partial charge is 0.481 e. The lowest BCUT2D eigenvalue weighted by Crippen LogP contribution is -2.43. The molecule has 0 aromatic heterocycles. The topological polar surface area (TPSA) is 317 Å². The Morgan fingerprint density at radius 3 is 1.08 bits per heavy atom. The van der Waals surface area contributed by atoms with Crippen LogP contribution in [0.2, 0.25) is 0 Å². The van der Waals surface area contributed by atoms with Gasteiger partial charge in [0, 0.05) is 88.5 Å². The maximum Gasteiger partial charge on any atom is 0.303 e. The Labute approximate surface area is 388 Å². The second-order valence-electron chi connectivity index (χ2n) is 14.3. The molecule has 3 saturated heterocycles. The van der Waals surface area contributed by atoms with Gasteiger partial charge in [-0.3, -0.25) is 40.5 Å². The minimum Gasteiger partial charge on any atom is -0.481 e. The number of carboxylic acid groups (broad SMARTS) is 1. The molecule has 66 heavy (non-hydrogen) atoms. The standard InChI is InChI=1S/2C8H15NO3S.C6H8N2.2C6H5NO2.C4H9NO2S.C4H8O2/c2*1-2-3-8(10)9-4-6-13(11,12)7-5-9;7-8-6-4-2-1-3-5-6;2*8-7(9)6-4-2-1-3-5-6;6-8(7)3-1-5-2-4-8;1-2-3-4(5)6/h2*2-7H2,1H3;1-5,8H,7H2;2*1-5H;5H,1-4H2;2-3H2,1H3,(H,5,6). The zero-order valence-corrected chi connectivity index (χ0v) is 40.2. The predicted molar refractivity (Wildman–Crippen MR) is 255 cm³/mol. The van der Waals surface area contributed by atoms with Crippen LogP contribution >= 0.6 is 0 Å². The summed E-state index contributed by atoms with van der Waals surface area (Å²) in [5.41, 5.74) is 3.74. The third-order valence-corrected chi connectivity index (χ3v) is 13.7. The minimum atomic E-state index is -2.86. The van der Waals surface area contributed by atoms with Crippen LogP contribution in [0.15, 0.2) is 91.0 Å². The molecule has 0 saturated carbocycles. The zero-order valence-electron chi connectivity index (χ0n) is 37.7. The molecule has 0 atom stereocenters. The van der Waals surface area contributed by atoms with Crippen LogP contribution in [0, 0.1) is 20.2 Å². The van der Waals surface area contributed by atoms with Gasteiger partial charge >= 0.3 is 5.97 Å². The summed E-state index contributed by atoms with van der Waals surface area (Å²) < 4.78 is 65.4. The van der Waals surface area contributed by atoms with Crippen LogP contribution in [0.5, 0.6) is 0 Å². The Balaban J connectivity index is 0.000000758. The first-order chi connectivity index (χ1) is 31.1. The summed E-state index contributed by atoms with van der Waals surface area (Å²) in [6, 6.07) is 25.5. The summed E-state index contributed by atoms with van der Waals surface area (Å²) in [7, 11) is -8.36. The number of nitro groups is 2. The predicted octanol–water partition coefficient (Wildman–Crippen LogP) is 4.12. The summed E-state index contributed by atoms with van der Waals surface area (Å²) in [6.45, 7) is 8.49. The molecule has 0 bridgehead atoms. The summed E-state index contributed by atoms with van der Waals surface area (Å²) in [4.78, 5) is 54.7. The van der Waals surface area contributed by atoms with Gasteiger partial charge in [0.2, 0.25) is 11.8 Å². The smallest absolute Gasteiger partial charge is 0.303 e. The van der Waals surface area contributed by atoms with Crippen LogP contribution in [0.4, 0.5) is 17.1 Å². The van der Waals surface area contributed by atoms with Gasteiger partial charge in [-0.15, -0.1) is 0 Å². The number of carbonyl (C=O) groups is 3. The number of nitrogen functional groups attached to an aromatic ring is 1. The van der Waals surface area contributed by atoms with Crippen molar-refractivity contribution in [3.05, 3.63) is 111 Å². The molecule has 24 heteroatoms. The van der Waals surface area contributed by atoms with Crippen molar-refractivity contribution in [3.63, 3.8) is 0 Å². The van der Waals surface area contributed by atoms with Crippen LogP contribution in [-0.2, 0) is 43.9 Å². The molecule has 0 unspecified atom stereocenters. The quantitative estimate of drug-likeness (QED) is 0.133. The van der Waals surface area contributed by atoms with Crippen LogP contribution in [-0.4, -0.2) is 142 Å². The van der Waals surface area contributed by atoms with Crippen LogP contribution in [0.1, 0.15) is 59.3 Å². The summed E-state index contributed by atoms with van der Waals surface area (Å²) in [5, 5.41) is 30.9. The average molecular weight is 988 g/mol. The number of sulfone groups is 3. The van der Waals surface area contributed by atoms with Crippen LogP contribution in [0.3, 0.4) is 0 Å². The van der Waals surface area contributed by atoms with Crippen molar-refractivity contribution in [2.24, 2.45) is 5.84 Å². The Hall–Kier alpha value is -5.56. The molecule has 5 N–H and O–H groups in total. The number of carboxylic acids is 1. The molecule has 3 heterocycles. The van der Waals surface area contributed by atoms with Gasteiger partial charge < -0.3 is 25.6 Å². The molecule has 21 nitrogen and oxygen atoms in total. The third kappa shape index (κ3) is 30.6. The van der Waals surface area contributed by atoms with Crippen LogP contribution in [0.25, 0.3) is 0 Å². The fourth-order valence-electron chi connectivity index (χ4n) is 5.20. The van der Waals surface area contributed by atoms with Gasteiger partial charge in [0.1, 0.15) is 0 Å². The van der Waals surface area contributed by atoms with E-state index in [1.54, 1.807) is 46.2 Å². The van der Waals surface area contributed by atoms with Crippen molar-refractivity contribution in [1.29, 1.82) is 0 Å². The van der Waals surface area contributed by atoms with E-state index in [1.165, 1.54) is 24.3 Å². The Bertz CT molecular complexity index is 2060. The molecular weight excluding hydrogens is 923 g/mol. The molecule has 3 aromatic rings. The third-order valence-electron chi connectivity index (χ3n) is 8.84. The molecule has 3 aliphatic heterocycles. The number of hydrazine groups is 1. The first-order valence-electron chi connectivity index (χ1n) is 21.1. The number of nitrogens with two attached hydrogens (primary N) is 1. The molecule has 6 rings (SSSR count). The second kappa shape index (κ2) is 33.9. The van der Waals surface area contributed by atoms with Crippen LogP contribution < -0.4 is 16.6 Å². The monoisotopic (exact) mass is 987 g/mol. The van der Waals surface area contributed by atoms with Crippen molar-refractivity contribution in [2.45, 2.75) is 59.3 Å². The lowest BCUT2D eigenvalue weighted by molar-refractivity contribution is -0.385. The number of benzene rings is 3. The van der Waals surface area contributed by atoms with E-state index in [4.69, 9.17) is 10.9 Å². The van der Waals surface area contributed by atoms with E-state index in [9.17, 15) is 59.9 Å². The SMILES string of the molecule is CCCC(=O)N1CCS(=O)(=O)CC1.CCCC(=O)N1CCS(=O)(=O)CC1.CCCC(=O)O.NNc1ccccc1.O=S1(=O)CCNCC1.O=[N+]([O-])c1ccccc1.O=[N+]([O-])c1ccccc1. The molecule has 3 fully saturated rings. The number of amides is 2. The van der Waals surface area contributed by atoms with E-state index in [0.29, 0.717) is 70.0 Å². The van der Waals surface area contributed by atoms with Gasteiger partial charge in [0.25, 0.3) is 11.4 Å². The first kappa shape index (κ1) is 60.4. The Kier molecular flexibility index (Phi) is 31.0. The number of nitrogens with one attached hydrogen (secondary N) is 2. The molecule has 0 aliphatic carbocycles. The molecule has 0 spiro atoms. The number of hydrogen-bond donors (Lipinski definition) is 4. The maximum absolute atomic E-state index is 11.3. The Morgan fingerprint density at radius 2 is 0.879 bits per heavy atom. The second-order valence-corrected chi connectivity index (χ2v) is 21.2. The summed E-state index contributed by atoms with van der Waals surface area (Å²) in [5.74, 6) is 5.69. The van der Waals surface area contributed by atoms with Crippen molar-refractivity contribution in [2.75, 3.05) is 79.2 Å². The van der Waals surface area contributed by atoms with E-state index in [1.807, 2.05) is 51.1 Å². The van der Waals surface area contributed by atoms with E-state index in [2.05, 4.69) is 10.7 Å². The fourth-order valence-corrected chi connectivity index (χ4v) is 8.71. The van der Waals surface area contributed by atoms with Gasteiger partial charge in [-0.25, -0.2) is 25.3 Å². The molecular formula is C42H65N7O14S3. The molecule has 3 aromatic carbocycles. The fraction of sp³-hybridized carbons (Fsp3) is 0.500. The first-order valence-corrected chi connectivity index (χ1v) is 26.6. The number of non-ortho nitro benzene ring substituents is 2. The van der Waals surface area contributed by atoms with E-state index < -0.39 is 45.3 Å². The lowest BCUT2D eigenvalue weighted by Gasteiger charge is -2.26. The number of nitro benzene ring substituents is 2. The minimum absolute atomic E-state index is 0.0809. The van der Waals surface area contributed by atoms with Gasteiger partial charge in [-0.05, 0) is 31.4 Å². The van der Waals surface area contributed by atoms with Crippen molar-refractivity contribution >= 4 is 64.4 Å². The highest BCUT2D eigenvalue weighted by molar-refractivity contribution is 7.92. The summed E-state index contributed by atoms with van der Waals surface area (Å²) >= 11 is 0. The highest BCUT2D eigenvalue weighted by Gasteiger charge is 2.25. The number of nitrogens with zero attached hydrogens (tertiary/aromatic N) is 4. The van der Waals surface area contributed by atoms with Gasteiger partial charge in [0.15, 0.2) is 29.5 Å². The Morgan fingerprint density at radius 1 is 0.576 bits per heavy atom.